The lowest BCUT2D eigenvalue weighted by molar-refractivity contribution is -0.131. The molecule has 1 saturated heterocycles. The molecule has 0 unspecified atom stereocenters. The molecule has 1 aromatic rings. The zero-order chi connectivity index (χ0) is 14.8. The summed E-state index contributed by atoms with van der Waals surface area (Å²) in [5.41, 5.74) is 1.90. The average molecular weight is 340 g/mol. The lowest BCUT2D eigenvalue weighted by Gasteiger charge is -2.44. The van der Waals surface area contributed by atoms with E-state index in [0.717, 1.165) is 35.0 Å². The largest absolute Gasteiger partial charge is 0.478 e. The lowest BCUT2D eigenvalue weighted by atomic mass is 10.0. The molecule has 1 aromatic carbocycles. The van der Waals surface area contributed by atoms with Crippen LogP contribution in [0.5, 0.6) is 0 Å². The molecule has 0 spiro atoms. The van der Waals surface area contributed by atoms with E-state index in [-0.39, 0.29) is 5.54 Å². The van der Waals surface area contributed by atoms with Gasteiger partial charge in [0.05, 0.1) is 24.4 Å². The Labute approximate surface area is 127 Å². The molecule has 0 bridgehead atoms. The molecule has 2 rings (SSSR count). The van der Waals surface area contributed by atoms with Crippen LogP contribution in [-0.2, 0) is 9.53 Å². The fourth-order valence-corrected chi connectivity index (χ4v) is 2.93. The topological polar surface area (TPSA) is 49.8 Å². The smallest absolute Gasteiger partial charge is 0.328 e. The van der Waals surface area contributed by atoms with Crippen molar-refractivity contribution in [3.05, 3.63) is 34.3 Å². The third kappa shape index (κ3) is 3.41. The van der Waals surface area contributed by atoms with Crippen LogP contribution < -0.4 is 4.90 Å². The summed E-state index contributed by atoms with van der Waals surface area (Å²) in [5.74, 6) is -0.945. The maximum absolute atomic E-state index is 10.5. The van der Waals surface area contributed by atoms with Gasteiger partial charge in [0.1, 0.15) is 0 Å². The van der Waals surface area contributed by atoms with Gasteiger partial charge in [0.15, 0.2) is 0 Å². The van der Waals surface area contributed by atoms with Crippen LogP contribution in [0.3, 0.4) is 0 Å². The van der Waals surface area contributed by atoms with Gasteiger partial charge >= 0.3 is 5.97 Å². The standard InChI is InChI=1S/C15H18BrNO3/c1-15(2)10-20-8-7-17(15)13-5-3-11(9-12(13)16)4-6-14(18)19/h3-6,9H,7-8,10H2,1-2H3,(H,18,19)/b6-4+. The molecule has 4 nitrogen and oxygen atoms in total. The number of carboxylic acids is 1. The van der Waals surface area contributed by atoms with Crippen LogP contribution in [0.2, 0.25) is 0 Å². The second-order valence-corrected chi connectivity index (χ2v) is 6.25. The fourth-order valence-electron chi connectivity index (χ4n) is 2.32. The molecule has 0 atom stereocenters. The van der Waals surface area contributed by atoms with Crippen LogP contribution in [-0.4, -0.2) is 36.4 Å². The van der Waals surface area contributed by atoms with Gasteiger partial charge in [-0.25, -0.2) is 4.79 Å². The summed E-state index contributed by atoms with van der Waals surface area (Å²) in [7, 11) is 0. The van der Waals surface area contributed by atoms with Crippen LogP contribution in [0.1, 0.15) is 19.4 Å². The molecule has 0 aromatic heterocycles. The Morgan fingerprint density at radius 1 is 1.50 bits per heavy atom. The van der Waals surface area contributed by atoms with Gasteiger partial charge in [-0.1, -0.05) is 6.07 Å². The first-order valence-corrected chi connectivity index (χ1v) is 7.25. The summed E-state index contributed by atoms with van der Waals surface area (Å²) in [6.45, 7) is 6.56. The normalized spacial score (nSPS) is 18.4. The van der Waals surface area contributed by atoms with Gasteiger partial charge in [0, 0.05) is 17.1 Å². The van der Waals surface area contributed by atoms with Crippen molar-refractivity contribution in [3.8, 4) is 0 Å². The highest BCUT2D eigenvalue weighted by Gasteiger charge is 2.31. The van der Waals surface area contributed by atoms with Gasteiger partial charge < -0.3 is 14.7 Å². The highest BCUT2D eigenvalue weighted by atomic mass is 79.9. The minimum atomic E-state index is -0.945. The minimum Gasteiger partial charge on any atom is -0.478 e. The Morgan fingerprint density at radius 2 is 2.25 bits per heavy atom. The number of hydrogen-bond donors (Lipinski definition) is 1. The number of carboxylic acid groups (broad SMARTS) is 1. The molecule has 20 heavy (non-hydrogen) atoms. The van der Waals surface area contributed by atoms with Crippen LogP contribution in [0, 0.1) is 0 Å². The van der Waals surface area contributed by atoms with Gasteiger partial charge in [-0.2, -0.15) is 0 Å². The predicted molar refractivity (Wildman–Crippen MR) is 83.1 cm³/mol. The lowest BCUT2D eigenvalue weighted by Crippen LogP contribution is -2.53. The van der Waals surface area contributed by atoms with Crippen LogP contribution >= 0.6 is 15.9 Å². The summed E-state index contributed by atoms with van der Waals surface area (Å²) in [4.78, 5) is 12.8. The van der Waals surface area contributed by atoms with Gasteiger partial charge in [-0.05, 0) is 53.5 Å². The SMILES string of the molecule is CC1(C)COCCN1c1ccc(/C=C/C(=O)O)cc1Br. The number of anilines is 1. The summed E-state index contributed by atoms with van der Waals surface area (Å²) in [6, 6.07) is 5.87. The Morgan fingerprint density at radius 3 is 2.85 bits per heavy atom. The van der Waals surface area contributed by atoms with Gasteiger partial charge in [0.2, 0.25) is 0 Å². The number of morpholine rings is 1. The molecular weight excluding hydrogens is 322 g/mol. The van der Waals surface area contributed by atoms with Crippen molar-refractivity contribution in [1.82, 2.24) is 0 Å². The Hall–Kier alpha value is -1.33. The van der Waals surface area contributed by atoms with E-state index in [4.69, 9.17) is 9.84 Å². The molecule has 0 saturated carbocycles. The van der Waals surface area contributed by atoms with E-state index in [1.807, 2.05) is 18.2 Å². The fraction of sp³-hybridized carbons (Fsp3) is 0.400. The first kappa shape index (κ1) is 15.1. The number of nitrogens with zero attached hydrogens (tertiary/aromatic N) is 1. The van der Waals surface area contributed by atoms with E-state index < -0.39 is 5.97 Å². The molecule has 0 aliphatic carbocycles. The molecule has 1 heterocycles. The number of halogens is 1. The van der Waals surface area contributed by atoms with E-state index in [0.29, 0.717) is 6.61 Å². The number of aliphatic carboxylic acids is 1. The zero-order valence-electron chi connectivity index (χ0n) is 11.6. The molecule has 5 heteroatoms. The van der Waals surface area contributed by atoms with E-state index in [2.05, 4.69) is 34.7 Å². The van der Waals surface area contributed by atoms with E-state index in [1.165, 1.54) is 0 Å². The van der Waals surface area contributed by atoms with Crippen LogP contribution in [0.4, 0.5) is 5.69 Å². The summed E-state index contributed by atoms with van der Waals surface area (Å²) >= 11 is 3.58. The maximum Gasteiger partial charge on any atom is 0.328 e. The molecule has 0 amide bonds. The molecule has 1 N–H and O–H groups in total. The highest BCUT2D eigenvalue weighted by molar-refractivity contribution is 9.10. The van der Waals surface area contributed by atoms with E-state index in [9.17, 15) is 4.79 Å². The third-order valence-electron chi connectivity index (χ3n) is 3.33. The zero-order valence-corrected chi connectivity index (χ0v) is 13.2. The van der Waals surface area contributed by atoms with Gasteiger partial charge in [0.25, 0.3) is 0 Å². The summed E-state index contributed by atoms with van der Waals surface area (Å²) in [6.07, 6.45) is 2.72. The van der Waals surface area contributed by atoms with Crippen LogP contribution in [0.15, 0.2) is 28.7 Å². The number of rotatable bonds is 3. The van der Waals surface area contributed by atoms with Crippen molar-refractivity contribution < 1.29 is 14.6 Å². The Bertz CT molecular complexity index is 540. The summed E-state index contributed by atoms with van der Waals surface area (Å²) < 4.78 is 6.49. The van der Waals surface area contributed by atoms with Crippen molar-refractivity contribution >= 4 is 33.7 Å². The molecule has 1 aliphatic rings. The first-order valence-electron chi connectivity index (χ1n) is 6.46. The second-order valence-electron chi connectivity index (χ2n) is 5.40. The number of ether oxygens (including phenoxy) is 1. The molecular formula is C15H18BrNO3. The Kier molecular flexibility index (Phi) is 4.50. The third-order valence-corrected chi connectivity index (χ3v) is 3.96. The predicted octanol–water partition coefficient (Wildman–Crippen LogP) is 3.16. The highest BCUT2D eigenvalue weighted by Crippen LogP contribution is 2.33. The number of carbonyl (C=O) groups is 1. The van der Waals surface area contributed by atoms with Crippen molar-refractivity contribution in [2.75, 3.05) is 24.7 Å². The number of hydrogen-bond acceptors (Lipinski definition) is 3. The maximum atomic E-state index is 10.5. The summed E-state index contributed by atoms with van der Waals surface area (Å²) in [5, 5.41) is 8.65. The molecule has 0 radical (unpaired) electrons. The molecule has 1 fully saturated rings. The first-order chi connectivity index (χ1) is 9.40. The minimum absolute atomic E-state index is 0.0564. The van der Waals surface area contributed by atoms with Crippen molar-refractivity contribution in [1.29, 1.82) is 0 Å². The number of benzene rings is 1. The molecule has 1 aliphatic heterocycles. The van der Waals surface area contributed by atoms with E-state index in [1.54, 1.807) is 6.08 Å². The Balaban J connectivity index is 2.27. The second kappa shape index (κ2) is 5.97. The molecule has 108 valence electrons. The van der Waals surface area contributed by atoms with Gasteiger partial charge in [-0.15, -0.1) is 0 Å². The van der Waals surface area contributed by atoms with Crippen molar-refractivity contribution in [3.63, 3.8) is 0 Å². The quantitative estimate of drug-likeness (QED) is 0.859. The monoisotopic (exact) mass is 339 g/mol. The van der Waals surface area contributed by atoms with Crippen molar-refractivity contribution in [2.45, 2.75) is 19.4 Å². The van der Waals surface area contributed by atoms with Gasteiger partial charge in [-0.3, -0.25) is 0 Å². The van der Waals surface area contributed by atoms with E-state index >= 15 is 0 Å². The van der Waals surface area contributed by atoms with Crippen molar-refractivity contribution in [2.24, 2.45) is 0 Å². The average Bonchev–Trinajstić information content (AvgIpc) is 2.37. The van der Waals surface area contributed by atoms with Crippen LogP contribution in [0.25, 0.3) is 6.08 Å².